The Bertz CT molecular complexity index is 202. The van der Waals surface area contributed by atoms with Crippen LogP contribution in [0.1, 0.15) is 13.3 Å². The van der Waals surface area contributed by atoms with E-state index in [0.717, 1.165) is 6.42 Å². The molecule has 0 aliphatic rings. The van der Waals surface area contributed by atoms with Crippen molar-refractivity contribution >= 4 is 40.9 Å². The van der Waals surface area contributed by atoms with E-state index in [0.29, 0.717) is 5.11 Å². The molecule has 0 aromatic carbocycles. The molecular weight excluding hydrogens is 192 g/mol. The van der Waals surface area contributed by atoms with Gasteiger partial charge in [-0.15, -0.1) is 0 Å². The van der Waals surface area contributed by atoms with E-state index in [-0.39, 0.29) is 5.11 Å². The molecule has 0 unspecified atom stereocenters. The van der Waals surface area contributed by atoms with E-state index in [4.69, 9.17) is 18.0 Å². The van der Waals surface area contributed by atoms with Gasteiger partial charge < -0.3 is 5.73 Å². The van der Waals surface area contributed by atoms with Crippen LogP contribution in [0.15, 0.2) is 4.99 Å². The summed E-state index contributed by atoms with van der Waals surface area (Å²) in [5, 5.41) is 2.07. The molecule has 0 aliphatic heterocycles. The first-order valence-corrected chi connectivity index (χ1v) is 4.26. The third-order valence-corrected chi connectivity index (χ3v) is 1.42. The summed E-state index contributed by atoms with van der Waals surface area (Å²) in [4.78, 5) is 3.95. The number of hydrogen-bond donors (Lipinski definition) is 2. The number of nitrogens with zero attached hydrogens (tertiary/aromatic N) is 2. The first-order chi connectivity index (χ1) is 5.57. The molecular formula is C6H12N4S2. The summed E-state index contributed by atoms with van der Waals surface area (Å²) in [5.41, 5.74) is 7.87. The van der Waals surface area contributed by atoms with Gasteiger partial charge in [0.05, 0.1) is 0 Å². The van der Waals surface area contributed by atoms with Crippen LogP contribution in [-0.2, 0) is 0 Å². The average Bonchev–Trinajstić information content (AvgIpc) is 1.98. The van der Waals surface area contributed by atoms with Crippen molar-refractivity contribution in [2.75, 3.05) is 7.05 Å². The first-order valence-electron chi connectivity index (χ1n) is 3.44. The molecule has 0 saturated carbocycles. The highest BCUT2D eigenvalue weighted by Crippen LogP contribution is 1.85. The largest absolute Gasteiger partial charge is 0.375 e. The molecule has 0 heterocycles. The Morgan fingerprint density at radius 1 is 1.67 bits per heavy atom. The lowest BCUT2D eigenvalue weighted by Crippen LogP contribution is -2.44. The summed E-state index contributed by atoms with van der Waals surface area (Å²) < 4.78 is 0. The van der Waals surface area contributed by atoms with Gasteiger partial charge in [-0.2, -0.15) is 0 Å². The second-order valence-corrected chi connectivity index (χ2v) is 2.84. The van der Waals surface area contributed by atoms with E-state index in [1.54, 1.807) is 13.3 Å². The summed E-state index contributed by atoms with van der Waals surface area (Å²) in [6, 6.07) is 0. The molecule has 68 valence electrons. The number of hydrazine groups is 1. The highest BCUT2D eigenvalue weighted by atomic mass is 32.1. The maximum Gasteiger partial charge on any atom is 0.213 e. The van der Waals surface area contributed by atoms with Crippen LogP contribution < -0.4 is 11.2 Å². The van der Waals surface area contributed by atoms with Crippen molar-refractivity contribution < 1.29 is 0 Å². The molecule has 0 fully saturated rings. The third-order valence-electron chi connectivity index (χ3n) is 0.949. The van der Waals surface area contributed by atoms with E-state index in [1.165, 1.54) is 5.01 Å². The van der Waals surface area contributed by atoms with Crippen molar-refractivity contribution in [1.82, 2.24) is 10.4 Å². The Hall–Kier alpha value is -0.750. The van der Waals surface area contributed by atoms with Crippen molar-refractivity contribution in [1.29, 1.82) is 0 Å². The summed E-state index contributed by atoms with van der Waals surface area (Å²) in [7, 11) is 1.70. The highest BCUT2D eigenvalue weighted by molar-refractivity contribution is 7.80. The van der Waals surface area contributed by atoms with Crippen molar-refractivity contribution in [3.63, 3.8) is 0 Å². The fourth-order valence-electron chi connectivity index (χ4n) is 0.469. The third kappa shape index (κ3) is 4.97. The molecule has 0 saturated heterocycles. The molecule has 6 heteroatoms. The monoisotopic (exact) mass is 204 g/mol. The minimum Gasteiger partial charge on any atom is -0.375 e. The Kier molecular flexibility index (Phi) is 5.48. The summed E-state index contributed by atoms with van der Waals surface area (Å²) in [6.07, 6.45) is 2.57. The Balaban J connectivity index is 3.93. The molecule has 0 aliphatic carbocycles. The molecule has 0 spiro atoms. The van der Waals surface area contributed by atoms with Crippen molar-refractivity contribution in [3.8, 4) is 0 Å². The van der Waals surface area contributed by atoms with Gasteiger partial charge in [0, 0.05) is 13.3 Å². The number of hydrogen-bond acceptors (Lipinski definition) is 2. The molecule has 0 aromatic rings. The van der Waals surface area contributed by atoms with Crippen molar-refractivity contribution in [2.45, 2.75) is 13.3 Å². The van der Waals surface area contributed by atoms with Crippen molar-refractivity contribution in [2.24, 2.45) is 10.7 Å². The van der Waals surface area contributed by atoms with E-state index < -0.39 is 0 Å². The van der Waals surface area contributed by atoms with E-state index in [9.17, 15) is 0 Å². The second kappa shape index (κ2) is 5.84. The predicted molar refractivity (Wildman–Crippen MR) is 59.1 cm³/mol. The molecule has 12 heavy (non-hydrogen) atoms. The molecule has 4 nitrogen and oxygen atoms in total. The normalized spacial score (nSPS) is 9.83. The predicted octanol–water partition coefficient (Wildman–Crippen LogP) is 0.432. The number of thiocarbonyl (C=S) groups is 2. The number of nitrogens with one attached hydrogen (secondary N) is 1. The van der Waals surface area contributed by atoms with Crippen LogP contribution in [0.3, 0.4) is 0 Å². The standard InChI is InChI=1S/C6H12N4S2/c1-3-4-8-6(12)10(2)9-5(7)11/h4H,3H2,1-2H3,(H3,7,9,11). The van der Waals surface area contributed by atoms with E-state index in [2.05, 4.69) is 22.6 Å². The van der Waals surface area contributed by atoms with Crippen LogP contribution >= 0.6 is 24.4 Å². The number of rotatable bonds is 1. The molecule has 0 rings (SSSR count). The van der Waals surface area contributed by atoms with Gasteiger partial charge in [0.15, 0.2) is 5.11 Å². The first kappa shape index (κ1) is 11.2. The average molecular weight is 204 g/mol. The lowest BCUT2D eigenvalue weighted by atomic mass is 10.5. The maximum atomic E-state index is 5.23. The zero-order valence-corrected chi connectivity index (χ0v) is 8.71. The van der Waals surface area contributed by atoms with Gasteiger partial charge in [-0.25, -0.2) is 4.99 Å². The van der Waals surface area contributed by atoms with Gasteiger partial charge >= 0.3 is 0 Å². The zero-order chi connectivity index (χ0) is 9.56. The van der Waals surface area contributed by atoms with E-state index >= 15 is 0 Å². The molecule has 0 amide bonds. The summed E-state index contributed by atoms with van der Waals surface area (Å²) >= 11 is 9.53. The Morgan fingerprint density at radius 3 is 2.67 bits per heavy atom. The van der Waals surface area contributed by atoms with Gasteiger partial charge in [0.1, 0.15) is 0 Å². The minimum absolute atomic E-state index is 0.173. The lowest BCUT2D eigenvalue weighted by Gasteiger charge is -2.17. The Labute approximate surface area is 82.8 Å². The van der Waals surface area contributed by atoms with Crippen LogP contribution in [0, 0.1) is 0 Å². The fourth-order valence-corrected chi connectivity index (χ4v) is 0.726. The van der Waals surface area contributed by atoms with Gasteiger partial charge in [-0.1, -0.05) is 6.92 Å². The van der Waals surface area contributed by atoms with Crippen LogP contribution in [0.4, 0.5) is 0 Å². The lowest BCUT2D eigenvalue weighted by molar-refractivity contribution is 0.462. The molecule has 0 bridgehead atoms. The second-order valence-electron chi connectivity index (χ2n) is 2.04. The van der Waals surface area contributed by atoms with Gasteiger partial charge in [0.2, 0.25) is 5.11 Å². The van der Waals surface area contributed by atoms with Gasteiger partial charge in [0.25, 0.3) is 0 Å². The van der Waals surface area contributed by atoms with Crippen LogP contribution in [-0.4, -0.2) is 28.5 Å². The SMILES string of the molecule is CCC=NC(=S)N(C)NC(N)=S. The molecule has 0 atom stereocenters. The topological polar surface area (TPSA) is 53.6 Å². The van der Waals surface area contributed by atoms with Crippen molar-refractivity contribution in [3.05, 3.63) is 0 Å². The molecule has 0 radical (unpaired) electrons. The van der Waals surface area contributed by atoms with Gasteiger partial charge in [-0.05, 0) is 30.9 Å². The molecule has 3 N–H and O–H groups in total. The molecule has 0 aromatic heterocycles. The maximum absolute atomic E-state index is 5.23. The quantitative estimate of drug-likeness (QED) is 0.368. The van der Waals surface area contributed by atoms with E-state index in [1.807, 2.05) is 6.92 Å². The van der Waals surface area contributed by atoms with Crippen LogP contribution in [0.2, 0.25) is 0 Å². The van der Waals surface area contributed by atoms with Gasteiger partial charge in [-0.3, -0.25) is 10.4 Å². The fraction of sp³-hybridized carbons (Fsp3) is 0.500. The van der Waals surface area contributed by atoms with Crippen LogP contribution in [0.25, 0.3) is 0 Å². The highest BCUT2D eigenvalue weighted by Gasteiger charge is 1.99. The smallest absolute Gasteiger partial charge is 0.213 e. The summed E-state index contributed by atoms with van der Waals surface area (Å²) in [6.45, 7) is 1.98. The zero-order valence-electron chi connectivity index (χ0n) is 7.07. The number of aliphatic imine (C=N–C) groups is 1. The minimum atomic E-state index is 0.173. The number of nitrogens with two attached hydrogens (primary N) is 1. The Morgan fingerprint density at radius 2 is 2.25 bits per heavy atom. The van der Waals surface area contributed by atoms with Crippen LogP contribution in [0.5, 0.6) is 0 Å². The summed E-state index contributed by atoms with van der Waals surface area (Å²) in [5.74, 6) is 0.